The van der Waals surface area contributed by atoms with Gasteiger partial charge in [0.25, 0.3) is 0 Å². The molecule has 0 aromatic heterocycles. The van der Waals surface area contributed by atoms with Crippen LogP contribution in [0, 0.1) is 0 Å². The normalized spacial score (nSPS) is 11.4. The molecule has 246 valence electrons. The summed E-state index contributed by atoms with van der Waals surface area (Å²) in [5.74, 6) is -0.503. The van der Waals surface area contributed by atoms with Gasteiger partial charge in [0.15, 0.2) is 0 Å². The molecule has 0 aromatic carbocycles. The lowest BCUT2D eigenvalue weighted by molar-refractivity contribution is -0.142. The van der Waals surface area contributed by atoms with E-state index >= 15 is 0 Å². The summed E-state index contributed by atoms with van der Waals surface area (Å²) in [6.07, 6.45) is 0. The zero-order chi connectivity index (χ0) is 29.7. The third-order valence-corrected chi connectivity index (χ3v) is 4.69. The highest BCUT2D eigenvalue weighted by atomic mass is 35.5. The molecule has 0 atom stereocenters. The summed E-state index contributed by atoms with van der Waals surface area (Å²) >= 11 is 5.50. The van der Waals surface area contributed by atoms with Crippen LogP contribution in [0.4, 0.5) is 0 Å². The van der Waals surface area contributed by atoms with E-state index in [1.165, 1.54) is 0 Å². The summed E-state index contributed by atoms with van der Waals surface area (Å²) < 4.78 is 64.0. The maximum absolute atomic E-state index is 10.3. The number of carboxylic acid groups (broad SMARTS) is 1. The Morgan fingerprint density at radius 1 is 0.341 bits per heavy atom. The molecule has 0 spiro atoms. The van der Waals surface area contributed by atoms with Crippen LogP contribution in [0.15, 0.2) is 0 Å². The largest absolute Gasteiger partial charge is 0.480 e. The monoisotopic (exact) mass is 622 g/mol. The molecule has 1 N–H and O–H groups in total. The van der Waals surface area contributed by atoms with Crippen molar-refractivity contribution in [3.8, 4) is 0 Å². The van der Waals surface area contributed by atoms with Crippen molar-refractivity contribution in [3.63, 3.8) is 0 Å². The maximum Gasteiger partial charge on any atom is 0.329 e. The van der Waals surface area contributed by atoms with Gasteiger partial charge in [0.2, 0.25) is 0 Å². The van der Waals surface area contributed by atoms with Crippen molar-refractivity contribution in [2.75, 3.05) is 164 Å². The van der Waals surface area contributed by atoms with Gasteiger partial charge < -0.3 is 61.9 Å². The highest BCUT2D eigenvalue weighted by molar-refractivity contribution is 6.17. The molecule has 0 unspecified atom stereocenters. The molecule has 0 rings (SSSR count). The zero-order valence-electron chi connectivity index (χ0n) is 24.3. The van der Waals surface area contributed by atoms with E-state index in [1.54, 1.807) is 0 Å². The first-order chi connectivity index (χ1) is 20.3. The minimum absolute atomic E-state index is 0.241. The molecule has 0 aliphatic carbocycles. The molecule has 0 bridgehead atoms. The standard InChI is InChI=1S/C26H51ClO14/c27-1-2-30-3-4-31-5-6-32-7-8-33-9-10-34-11-12-35-13-14-36-15-16-37-17-18-38-19-20-39-21-22-40-23-24-41-25-26(28)29/h1-25H2,(H,28,29). The van der Waals surface area contributed by atoms with Crippen molar-refractivity contribution in [2.24, 2.45) is 0 Å². The van der Waals surface area contributed by atoms with Crippen LogP contribution >= 0.6 is 11.6 Å². The van der Waals surface area contributed by atoms with Crippen LogP contribution in [-0.4, -0.2) is 176 Å². The van der Waals surface area contributed by atoms with Crippen molar-refractivity contribution in [2.45, 2.75) is 0 Å². The summed E-state index contributed by atoms with van der Waals surface area (Å²) in [7, 11) is 0. The van der Waals surface area contributed by atoms with Crippen molar-refractivity contribution in [1.29, 1.82) is 0 Å². The molecule has 0 radical (unpaired) electrons. The summed E-state index contributed by atoms with van der Waals surface area (Å²) in [5, 5.41) is 8.41. The first-order valence-corrected chi connectivity index (χ1v) is 14.5. The fraction of sp³-hybridized carbons (Fsp3) is 0.962. The molecule has 0 fully saturated rings. The van der Waals surface area contributed by atoms with Gasteiger partial charge >= 0.3 is 5.97 Å². The fourth-order valence-electron chi connectivity index (χ4n) is 2.63. The second kappa shape index (κ2) is 37.3. The van der Waals surface area contributed by atoms with Crippen molar-refractivity contribution < 1.29 is 66.7 Å². The van der Waals surface area contributed by atoms with E-state index in [-0.39, 0.29) is 13.2 Å². The zero-order valence-corrected chi connectivity index (χ0v) is 25.1. The number of ether oxygens (including phenoxy) is 12. The quantitative estimate of drug-likeness (QED) is 0.0757. The van der Waals surface area contributed by atoms with Crippen LogP contribution in [-0.2, 0) is 61.6 Å². The lowest BCUT2D eigenvalue weighted by Crippen LogP contribution is -2.15. The van der Waals surface area contributed by atoms with E-state index in [9.17, 15) is 4.79 Å². The van der Waals surface area contributed by atoms with Crippen LogP contribution in [0.1, 0.15) is 0 Å². The molecular weight excluding hydrogens is 572 g/mol. The van der Waals surface area contributed by atoms with Gasteiger partial charge in [0.05, 0.1) is 152 Å². The predicted molar refractivity (Wildman–Crippen MR) is 148 cm³/mol. The van der Waals surface area contributed by atoms with Gasteiger partial charge in [-0.25, -0.2) is 4.79 Å². The SMILES string of the molecule is O=C(O)COCCOCCOCCOCCOCCOCCOCCOCCOCCOCCOCCOCCCl. The minimum Gasteiger partial charge on any atom is -0.480 e. The Kier molecular flexibility index (Phi) is 36.7. The number of hydrogen-bond acceptors (Lipinski definition) is 13. The average molecular weight is 623 g/mol. The van der Waals surface area contributed by atoms with E-state index in [0.29, 0.717) is 151 Å². The molecule has 0 amide bonds. The number of halogens is 1. The Hall–Kier alpha value is -0.720. The molecule has 0 aromatic rings. The Labute approximate surface area is 248 Å². The minimum atomic E-state index is -0.996. The molecule has 41 heavy (non-hydrogen) atoms. The first kappa shape index (κ1) is 40.3. The molecular formula is C26H51ClO14. The number of carboxylic acids is 1. The lowest BCUT2D eigenvalue weighted by Gasteiger charge is -2.09. The molecule has 14 nitrogen and oxygen atoms in total. The Morgan fingerprint density at radius 2 is 0.512 bits per heavy atom. The lowest BCUT2D eigenvalue weighted by atomic mass is 10.6. The smallest absolute Gasteiger partial charge is 0.329 e. The van der Waals surface area contributed by atoms with E-state index < -0.39 is 5.97 Å². The van der Waals surface area contributed by atoms with E-state index in [4.69, 9.17) is 73.5 Å². The van der Waals surface area contributed by atoms with Crippen LogP contribution in [0.5, 0.6) is 0 Å². The maximum atomic E-state index is 10.3. The highest BCUT2D eigenvalue weighted by Gasteiger charge is 1.97. The number of carbonyl (C=O) groups is 1. The second-order valence-electron chi connectivity index (χ2n) is 7.87. The summed E-state index contributed by atoms with van der Waals surface area (Å²) in [4.78, 5) is 10.3. The van der Waals surface area contributed by atoms with Crippen molar-refractivity contribution >= 4 is 17.6 Å². The summed E-state index contributed by atoms with van der Waals surface area (Å²) in [6.45, 7) is 10.6. The Balaban J connectivity index is 3.03. The van der Waals surface area contributed by atoms with Gasteiger partial charge in [-0.2, -0.15) is 0 Å². The molecule has 0 heterocycles. The fourth-order valence-corrected chi connectivity index (χ4v) is 2.74. The Bertz CT molecular complexity index is 507. The molecule has 0 saturated heterocycles. The van der Waals surface area contributed by atoms with Gasteiger partial charge in [-0.3, -0.25) is 0 Å². The predicted octanol–water partition coefficient (Wildman–Crippen LogP) is 0.509. The van der Waals surface area contributed by atoms with E-state index in [0.717, 1.165) is 0 Å². The van der Waals surface area contributed by atoms with Gasteiger partial charge in [-0.15, -0.1) is 11.6 Å². The van der Waals surface area contributed by atoms with Crippen LogP contribution in [0.2, 0.25) is 0 Å². The number of hydrogen-bond donors (Lipinski definition) is 1. The van der Waals surface area contributed by atoms with E-state index in [2.05, 4.69) is 0 Å². The van der Waals surface area contributed by atoms with Crippen LogP contribution in [0.25, 0.3) is 0 Å². The van der Waals surface area contributed by atoms with Crippen LogP contribution < -0.4 is 0 Å². The highest BCUT2D eigenvalue weighted by Crippen LogP contribution is 1.87. The second-order valence-corrected chi connectivity index (χ2v) is 8.25. The third kappa shape index (κ3) is 39.3. The van der Waals surface area contributed by atoms with Gasteiger partial charge in [-0.05, 0) is 0 Å². The number of rotatable bonds is 37. The molecule has 0 aliphatic rings. The third-order valence-electron chi connectivity index (χ3n) is 4.54. The topological polar surface area (TPSA) is 148 Å². The molecule has 0 aliphatic heterocycles. The molecule has 15 heteroatoms. The van der Waals surface area contributed by atoms with Crippen molar-refractivity contribution in [1.82, 2.24) is 0 Å². The van der Waals surface area contributed by atoms with Gasteiger partial charge in [0, 0.05) is 5.88 Å². The van der Waals surface area contributed by atoms with E-state index in [1.807, 2.05) is 0 Å². The summed E-state index contributed by atoms with van der Waals surface area (Å²) in [5.41, 5.74) is 0. The summed E-state index contributed by atoms with van der Waals surface area (Å²) in [6, 6.07) is 0. The van der Waals surface area contributed by atoms with Crippen molar-refractivity contribution in [3.05, 3.63) is 0 Å². The van der Waals surface area contributed by atoms with Gasteiger partial charge in [0.1, 0.15) is 6.61 Å². The number of alkyl halides is 1. The first-order valence-electron chi connectivity index (χ1n) is 14.0. The molecule has 0 saturated carbocycles. The number of aliphatic carboxylic acids is 1. The van der Waals surface area contributed by atoms with Gasteiger partial charge in [-0.1, -0.05) is 0 Å². The van der Waals surface area contributed by atoms with Crippen LogP contribution in [0.3, 0.4) is 0 Å². The Morgan fingerprint density at radius 3 is 0.683 bits per heavy atom. The average Bonchev–Trinajstić information content (AvgIpc) is 2.97.